The Kier molecular flexibility index (Phi) is 6.32. The van der Waals surface area contributed by atoms with Gasteiger partial charge in [0, 0.05) is 28.6 Å². The lowest BCUT2D eigenvalue weighted by atomic mass is 9.98. The Morgan fingerprint density at radius 2 is 1.79 bits per heavy atom. The largest absolute Gasteiger partial charge is 0.508 e. The van der Waals surface area contributed by atoms with Crippen molar-refractivity contribution in [1.82, 2.24) is 0 Å². The predicted octanol–water partition coefficient (Wildman–Crippen LogP) is 6.75. The number of hydrogen-bond acceptors (Lipinski definition) is 4. The molecule has 0 aliphatic heterocycles. The zero-order valence-corrected chi connectivity index (χ0v) is 17.5. The SMILES string of the molecule is COc1cc(O)cc(-c2cc3ccc(O)cc3o2)c1C/C=C(\C)CCC=C(C)C. The number of phenols is 2. The first-order valence-corrected chi connectivity index (χ1v) is 9.79. The van der Waals surface area contributed by atoms with Gasteiger partial charge in [0.1, 0.15) is 28.6 Å². The molecular weight excluding hydrogens is 364 g/mol. The van der Waals surface area contributed by atoms with Crippen molar-refractivity contribution < 1.29 is 19.4 Å². The molecule has 3 rings (SSSR count). The molecular formula is C25H28O4. The standard InChI is InChI=1S/C25H28O4/c1-16(2)6-5-7-17(3)8-11-21-22(13-20(27)15-24(21)28-4)25-12-18-9-10-19(26)14-23(18)29-25/h6,8-10,12-15,26-27H,5,7,11H2,1-4H3/b17-8+. The fourth-order valence-corrected chi connectivity index (χ4v) is 3.36. The van der Waals surface area contributed by atoms with Gasteiger partial charge in [-0.25, -0.2) is 0 Å². The molecule has 0 unspecified atom stereocenters. The average molecular weight is 392 g/mol. The molecule has 0 saturated carbocycles. The summed E-state index contributed by atoms with van der Waals surface area (Å²) in [6.07, 6.45) is 7.14. The number of phenolic OH excluding ortho intramolecular Hbond substituents is 2. The molecule has 1 heterocycles. The summed E-state index contributed by atoms with van der Waals surface area (Å²) in [6.45, 7) is 6.36. The van der Waals surface area contributed by atoms with Gasteiger partial charge in [-0.05, 0) is 64.3 Å². The molecule has 0 fully saturated rings. The first-order valence-electron chi connectivity index (χ1n) is 9.79. The van der Waals surface area contributed by atoms with Crippen molar-refractivity contribution in [1.29, 1.82) is 0 Å². The quantitative estimate of drug-likeness (QED) is 0.436. The van der Waals surface area contributed by atoms with E-state index in [2.05, 4.69) is 32.9 Å². The highest BCUT2D eigenvalue weighted by molar-refractivity contribution is 5.85. The number of allylic oxidation sites excluding steroid dienone is 4. The van der Waals surface area contributed by atoms with E-state index in [1.54, 1.807) is 31.4 Å². The van der Waals surface area contributed by atoms with Crippen molar-refractivity contribution in [2.45, 2.75) is 40.0 Å². The van der Waals surface area contributed by atoms with Crippen molar-refractivity contribution in [3.8, 4) is 28.6 Å². The minimum Gasteiger partial charge on any atom is -0.508 e. The third kappa shape index (κ3) is 5.02. The lowest BCUT2D eigenvalue weighted by molar-refractivity contribution is 0.403. The Bertz CT molecular complexity index is 1070. The highest BCUT2D eigenvalue weighted by Gasteiger charge is 2.16. The number of methoxy groups -OCH3 is 1. The summed E-state index contributed by atoms with van der Waals surface area (Å²) in [5, 5.41) is 20.8. The van der Waals surface area contributed by atoms with Crippen LogP contribution in [0.15, 0.2) is 64.1 Å². The molecule has 3 aromatic rings. The highest BCUT2D eigenvalue weighted by Crippen LogP contribution is 2.38. The molecule has 0 aliphatic rings. The van der Waals surface area contributed by atoms with E-state index in [9.17, 15) is 10.2 Å². The summed E-state index contributed by atoms with van der Waals surface area (Å²) in [7, 11) is 1.60. The fraction of sp³-hybridized carbons (Fsp3) is 0.280. The Morgan fingerprint density at radius 1 is 1.00 bits per heavy atom. The van der Waals surface area contributed by atoms with E-state index in [4.69, 9.17) is 9.15 Å². The molecule has 0 spiro atoms. The van der Waals surface area contributed by atoms with Crippen LogP contribution in [0.1, 0.15) is 39.2 Å². The van der Waals surface area contributed by atoms with Gasteiger partial charge in [0.05, 0.1) is 7.11 Å². The van der Waals surface area contributed by atoms with Crippen LogP contribution in [0.2, 0.25) is 0 Å². The Morgan fingerprint density at radius 3 is 2.52 bits per heavy atom. The van der Waals surface area contributed by atoms with Crippen molar-refractivity contribution in [2.24, 2.45) is 0 Å². The van der Waals surface area contributed by atoms with Crippen LogP contribution < -0.4 is 4.74 Å². The van der Waals surface area contributed by atoms with E-state index in [0.717, 1.165) is 29.4 Å². The van der Waals surface area contributed by atoms with Crippen LogP contribution in [0.4, 0.5) is 0 Å². The number of fused-ring (bicyclic) bond motifs is 1. The van der Waals surface area contributed by atoms with Gasteiger partial charge in [-0.15, -0.1) is 0 Å². The Balaban J connectivity index is 1.98. The summed E-state index contributed by atoms with van der Waals surface area (Å²) < 4.78 is 11.5. The van der Waals surface area contributed by atoms with Crippen LogP contribution in [0, 0.1) is 0 Å². The first-order chi connectivity index (χ1) is 13.9. The maximum atomic E-state index is 10.2. The second-order valence-corrected chi connectivity index (χ2v) is 7.58. The lowest BCUT2D eigenvalue weighted by Crippen LogP contribution is -1.95. The van der Waals surface area contributed by atoms with Crippen LogP contribution in [-0.2, 0) is 6.42 Å². The van der Waals surface area contributed by atoms with E-state index >= 15 is 0 Å². The maximum absolute atomic E-state index is 10.2. The number of ether oxygens (including phenoxy) is 1. The monoisotopic (exact) mass is 392 g/mol. The molecule has 0 amide bonds. The molecule has 0 aliphatic carbocycles. The van der Waals surface area contributed by atoms with E-state index in [0.29, 0.717) is 23.5 Å². The number of aromatic hydroxyl groups is 2. The summed E-state index contributed by atoms with van der Waals surface area (Å²) in [4.78, 5) is 0. The van der Waals surface area contributed by atoms with Gasteiger partial charge in [0.25, 0.3) is 0 Å². The zero-order chi connectivity index (χ0) is 21.0. The Hall–Kier alpha value is -3.14. The van der Waals surface area contributed by atoms with Crippen molar-refractivity contribution in [2.75, 3.05) is 7.11 Å². The van der Waals surface area contributed by atoms with Gasteiger partial charge in [-0.2, -0.15) is 0 Å². The molecule has 0 bridgehead atoms. The molecule has 152 valence electrons. The molecule has 2 N–H and O–H groups in total. The predicted molar refractivity (Wildman–Crippen MR) is 118 cm³/mol. The van der Waals surface area contributed by atoms with Gasteiger partial charge in [0.15, 0.2) is 0 Å². The molecule has 0 radical (unpaired) electrons. The van der Waals surface area contributed by atoms with Crippen LogP contribution in [0.25, 0.3) is 22.3 Å². The van der Waals surface area contributed by atoms with Gasteiger partial charge < -0.3 is 19.4 Å². The number of hydrogen-bond donors (Lipinski definition) is 2. The number of benzene rings is 2. The van der Waals surface area contributed by atoms with Crippen LogP contribution in [0.5, 0.6) is 17.2 Å². The minimum absolute atomic E-state index is 0.119. The zero-order valence-electron chi connectivity index (χ0n) is 17.5. The number of furan rings is 1. The molecule has 0 saturated heterocycles. The second-order valence-electron chi connectivity index (χ2n) is 7.58. The summed E-state index contributed by atoms with van der Waals surface area (Å²) >= 11 is 0. The van der Waals surface area contributed by atoms with Crippen molar-refractivity contribution in [3.05, 3.63) is 65.3 Å². The molecule has 29 heavy (non-hydrogen) atoms. The second kappa shape index (κ2) is 8.91. The summed E-state index contributed by atoms with van der Waals surface area (Å²) in [5.74, 6) is 1.53. The van der Waals surface area contributed by atoms with Crippen LogP contribution in [-0.4, -0.2) is 17.3 Å². The fourth-order valence-electron chi connectivity index (χ4n) is 3.36. The van der Waals surface area contributed by atoms with Gasteiger partial charge in [-0.3, -0.25) is 0 Å². The van der Waals surface area contributed by atoms with Crippen LogP contribution >= 0.6 is 0 Å². The van der Waals surface area contributed by atoms with Crippen molar-refractivity contribution >= 4 is 11.0 Å². The molecule has 4 heteroatoms. The molecule has 2 aromatic carbocycles. The normalized spacial score (nSPS) is 11.7. The minimum atomic E-state index is 0.119. The first kappa shape index (κ1) is 20.6. The average Bonchev–Trinajstić information content (AvgIpc) is 3.09. The third-order valence-corrected chi connectivity index (χ3v) is 4.93. The van der Waals surface area contributed by atoms with E-state index in [1.165, 1.54) is 11.1 Å². The van der Waals surface area contributed by atoms with Gasteiger partial charge in [-0.1, -0.05) is 23.3 Å². The van der Waals surface area contributed by atoms with E-state index in [-0.39, 0.29) is 11.5 Å². The third-order valence-electron chi connectivity index (χ3n) is 4.93. The lowest BCUT2D eigenvalue weighted by Gasteiger charge is -2.13. The van der Waals surface area contributed by atoms with Gasteiger partial charge in [0.2, 0.25) is 0 Å². The molecule has 1 aromatic heterocycles. The van der Waals surface area contributed by atoms with Gasteiger partial charge >= 0.3 is 0 Å². The van der Waals surface area contributed by atoms with Crippen molar-refractivity contribution in [3.63, 3.8) is 0 Å². The van der Waals surface area contributed by atoms with Crippen LogP contribution in [0.3, 0.4) is 0 Å². The topological polar surface area (TPSA) is 62.8 Å². The highest BCUT2D eigenvalue weighted by atomic mass is 16.5. The summed E-state index contributed by atoms with van der Waals surface area (Å²) in [6, 6.07) is 10.3. The van der Waals surface area contributed by atoms with E-state index < -0.39 is 0 Å². The molecule has 4 nitrogen and oxygen atoms in total. The smallest absolute Gasteiger partial charge is 0.138 e. The van der Waals surface area contributed by atoms with E-state index in [1.807, 2.05) is 12.1 Å². The summed E-state index contributed by atoms with van der Waals surface area (Å²) in [5.41, 5.74) is 4.97. The maximum Gasteiger partial charge on any atom is 0.138 e. The molecule has 0 atom stereocenters. The Labute approximate surface area is 171 Å². The number of rotatable bonds is 7.